The fraction of sp³-hybridized carbons (Fsp3) is 0.684. The van der Waals surface area contributed by atoms with Gasteiger partial charge in [-0.25, -0.2) is 0 Å². The fourth-order valence-electron chi connectivity index (χ4n) is 2.37. The maximum Gasteiger partial charge on any atom is 0.332 e. The van der Waals surface area contributed by atoms with Crippen LogP contribution in [0.15, 0.2) is 12.1 Å². The smallest absolute Gasteiger partial charge is 0.332 e. The second-order valence-electron chi connectivity index (χ2n) is 7.87. The summed E-state index contributed by atoms with van der Waals surface area (Å²) in [6.45, 7) is 18.0. The summed E-state index contributed by atoms with van der Waals surface area (Å²) in [5.41, 5.74) is 2.60. The molecule has 1 aromatic carbocycles. The van der Waals surface area contributed by atoms with Crippen LogP contribution in [0, 0.1) is 0 Å². The van der Waals surface area contributed by atoms with Gasteiger partial charge in [0, 0.05) is 0 Å². The molecule has 0 unspecified atom stereocenters. The molecule has 0 fully saturated rings. The van der Waals surface area contributed by atoms with E-state index in [9.17, 15) is 5.11 Å². The quantitative estimate of drug-likeness (QED) is 0.627. The van der Waals surface area contributed by atoms with Crippen molar-refractivity contribution in [1.82, 2.24) is 0 Å². The van der Waals surface area contributed by atoms with Crippen LogP contribution in [0.25, 0.3) is 0 Å². The lowest BCUT2D eigenvalue weighted by Crippen LogP contribution is -2.18. The summed E-state index contributed by atoms with van der Waals surface area (Å²) in [4.78, 5) is 0. The highest BCUT2D eigenvalue weighted by Crippen LogP contribution is 2.43. The number of hydrogen-bond acceptors (Lipinski definition) is 4. The summed E-state index contributed by atoms with van der Waals surface area (Å²) in [6, 6.07) is 4.05. The second kappa shape index (κ2) is 8.62. The van der Waals surface area contributed by atoms with Gasteiger partial charge in [0.1, 0.15) is 5.75 Å². The molecule has 0 heterocycles. The number of aromatic hydroxyl groups is 1. The van der Waals surface area contributed by atoms with Crippen molar-refractivity contribution in [2.75, 3.05) is 13.2 Å². The molecule has 0 aromatic heterocycles. The Bertz CT molecular complexity index is 488. The first-order valence-electron chi connectivity index (χ1n) is 8.56. The van der Waals surface area contributed by atoms with Crippen LogP contribution in [0.5, 0.6) is 5.75 Å². The van der Waals surface area contributed by atoms with Gasteiger partial charge in [-0.2, -0.15) is 0 Å². The minimum Gasteiger partial charge on any atom is -0.507 e. The molecule has 0 bridgehead atoms. The predicted octanol–water partition coefficient (Wildman–Crippen LogP) is 5.80. The van der Waals surface area contributed by atoms with E-state index in [-0.39, 0.29) is 10.8 Å². The van der Waals surface area contributed by atoms with Crippen LogP contribution in [0.1, 0.15) is 72.1 Å². The molecule has 0 spiro atoms. The Kier molecular flexibility index (Phi) is 7.68. The van der Waals surface area contributed by atoms with E-state index in [0.717, 1.165) is 16.7 Å². The van der Waals surface area contributed by atoms with E-state index in [1.165, 1.54) is 0 Å². The lowest BCUT2D eigenvalue weighted by atomic mass is 9.78. The van der Waals surface area contributed by atoms with E-state index in [0.29, 0.717) is 25.6 Å². The van der Waals surface area contributed by atoms with Crippen molar-refractivity contribution in [3.8, 4) is 5.75 Å². The molecule has 0 atom stereocenters. The molecule has 1 N–H and O–H groups in total. The Balaban J connectivity index is 3.15. The van der Waals surface area contributed by atoms with Crippen molar-refractivity contribution in [2.24, 2.45) is 0 Å². The van der Waals surface area contributed by atoms with Crippen LogP contribution in [0.2, 0.25) is 0 Å². The lowest BCUT2D eigenvalue weighted by Gasteiger charge is -2.28. The molecule has 0 aliphatic heterocycles. The van der Waals surface area contributed by atoms with Crippen LogP contribution in [0.3, 0.4) is 0 Å². The van der Waals surface area contributed by atoms with E-state index in [4.69, 9.17) is 13.6 Å². The minimum atomic E-state index is -1.33. The monoisotopic (exact) mass is 356 g/mol. The average molecular weight is 356 g/mol. The summed E-state index contributed by atoms with van der Waals surface area (Å²) in [6.07, 6.45) is 0. The summed E-state index contributed by atoms with van der Waals surface area (Å²) in [5, 5.41) is 10.7. The zero-order valence-electron chi connectivity index (χ0n) is 16.4. The van der Waals surface area contributed by atoms with Gasteiger partial charge in [0.05, 0.1) is 19.8 Å². The highest BCUT2D eigenvalue weighted by Gasteiger charge is 2.26. The number of benzene rings is 1. The van der Waals surface area contributed by atoms with Crippen LogP contribution in [0.4, 0.5) is 0 Å². The van der Waals surface area contributed by atoms with E-state index >= 15 is 0 Å². The Labute approximate surface area is 148 Å². The molecule has 1 rings (SSSR count). The van der Waals surface area contributed by atoms with Gasteiger partial charge in [0.15, 0.2) is 0 Å². The van der Waals surface area contributed by atoms with E-state index < -0.39 is 8.60 Å². The van der Waals surface area contributed by atoms with Crippen molar-refractivity contribution in [3.05, 3.63) is 28.8 Å². The van der Waals surface area contributed by atoms with Crippen LogP contribution >= 0.6 is 8.60 Å². The molecule has 0 aliphatic carbocycles. The van der Waals surface area contributed by atoms with Gasteiger partial charge in [0.2, 0.25) is 0 Å². The van der Waals surface area contributed by atoms with Crippen molar-refractivity contribution in [3.63, 3.8) is 0 Å². The first kappa shape index (κ1) is 21.4. The molecular formula is C19H33O4P. The van der Waals surface area contributed by atoms with Gasteiger partial charge < -0.3 is 18.7 Å². The van der Waals surface area contributed by atoms with E-state index in [1.807, 2.05) is 26.0 Å². The summed E-state index contributed by atoms with van der Waals surface area (Å²) < 4.78 is 16.8. The molecular weight excluding hydrogens is 323 g/mol. The largest absolute Gasteiger partial charge is 0.507 e. The summed E-state index contributed by atoms with van der Waals surface area (Å²) in [5.74, 6) is 0.385. The lowest BCUT2D eigenvalue weighted by molar-refractivity contribution is 0.164. The Morgan fingerprint density at radius 1 is 0.833 bits per heavy atom. The van der Waals surface area contributed by atoms with Gasteiger partial charge in [0.25, 0.3) is 0 Å². The molecule has 0 saturated carbocycles. The van der Waals surface area contributed by atoms with Crippen LogP contribution in [-0.2, 0) is 31.0 Å². The van der Waals surface area contributed by atoms with Crippen molar-refractivity contribution >= 4 is 8.60 Å². The van der Waals surface area contributed by atoms with Gasteiger partial charge in [-0.3, -0.25) is 0 Å². The van der Waals surface area contributed by atoms with Crippen molar-refractivity contribution in [1.29, 1.82) is 0 Å². The highest BCUT2D eigenvalue weighted by atomic mass is 31.2. The molecule has 1 aromatic rings. The van der Waals surface area contributed by atoms with Crippen LogP contribution < -0.4 is 0 Å². The average Bonchev–Trinajstić information content (AvgIpc) is 2.43. The zero-order valence-corrected chi connectivity index (χ0v) is 17.3. The molecule has 0 amide bonds. The molecule has 24 heavy (non-hydrogen) atoms. The third-order valence-electron chi connectivity index (χ3n) is 3.59. The van der Waals surface area contributed by atoms with Gasteiger partial charge in [-0.05, 0) is 53.5 Å². The predicted molar refractivity (Wildman–Crippen MR) is 100 cm³/mol. The van der Waals surface area contributed by atoms with Crippen molar-refractivity contribution in [2.45, 2.75) is 72.8 Å². The molecule has 0 saturated heterocycles. The maximum atomic E-state index is 10.7. The molecule has 4 nitrogen and oxygen atoms in total. The fourth-order valence-corrected chi connectivity index (χ4v) is 3.27. The first-order valence-corrected chi connectivity index (χ1v) is 9.66. The Hall–Kier alpha value is -0.670. The number of rotatable bonds is 7. The third-order valence-corrected chi connectivity index (χ3v) is 4.87. The van der Waals surface area contributed by atoms with Gasteiger partial charge in [-0.15, -0.1) is 0 Å². The Morgan fingerprint density at radius 2 is 1.25 bits per heavy atom. The van der Waals surface area contributed by atoms with E-state index in [1.54, 1.807) is 0 Å². The maximum absolute atomic E-state index is 10.7. The highest BCUT2D eigenvalue weighted by molar-refractivity contribution is 7.41. The molecule has 5 heteroatoms. The molecule has 0 aliphatic rings. The topological polar surface area (TPSA) is 47.9 Å². The summed E-state index contributed by atoms with van der Waals surface area (Å²) >= 11 is 0. The zero-order chi connectivity index (χ0) is 18.5. The second-order valence-corrected chi connectivity index (χ2v) is 9.09. The molecule has 138 valence electrons. The van der Waals surface area contributed by atoms with Gasteiger partial charge in [-0.1, -0.05) is 41.5 Å². The first-order chi connectivity index (χ1) is 11.0. The van der Waals surface area contributed by atoms with E-state index in [2.05, 4.69) is 41.5 Å². The third kappa shape index (κ3) is 6.00. The minimum absolute atomic E-state index is 0.148. The normalized spacial score (nSPS) is 12.9. The Morgan fingerprint density at radius 3 is 1.58 bits per heavy atom. The van der Waals surface area contributed by atoms with Gasteiger partial charge >= 0.3 is 8.60 Å². The number of hydrogen-bond donors (Lipinski definition) is 1. The number of phenols is 1. The van der Waals surface area contributed by atoms with Crippen molar-refractivity contribution < 1.29 is 18.7 Å². The summed E-state index contributed by atoms with van der Waals surface area (Å²) in [7, 11) is -1.33. The SMILES string of the molecule is CCOP(OCC)OCc1cc(C(C)(C)C)c(O)c(C(C)(C)C)c1. The van der Waals surface area contributed by atoms with Crippen LogP contribution in [-0.4, -0.2) is 18.3 Å². The molecule has 0 radical (unpaired) electrons. The number of phenolic OH excluding ortho intramolecular Hbond substituents is 1. The standard InChI is InChI=1S/C19H33O4P/c1-9-21-24(22-10-2)23-13-14-11-15(18(3,4)5)17(20)16(12-14)19(6,7)8/h11-12,20H,9-10,13H2,1-8H3.